The predicted molar refractivity (Wildman–Crippen MR) is 79.4 cm³/mol. The first-order valence-corrected chi connectivity index (χ1v) is 7.58. The highest BCUT2D eigenvalue weighted by atomic mass is 35.5. The fourth-order valence-electron chi connectivity index (χ4n) is 3.12. The molecular formula is C15H21Cl2N. The van der Waals surface area contributed by atoms with E-state index in [1.807, 2.05) is 12.1 Å². The molecule has 1 aliphatic carbocycles. The van der Waals surface area contributed by atoms with E-state index in [0.717, 1.165) is 24.3 Å². The molecule has 1 aromatic carbocycles. The average Bonchev–Trinajstić information content (AvgIpc) is 2.36. The summed E-state index contributed by atoms with van der Waals surface area (Å²) in [7, 11) is 0. The van der Waals surface area contributed by atoms with E-state index >= 15 is 0 Å². The van der Waals surface area contributed by atoms with Crippen LogP contribution in [0.2, 0.25) is 10.0 Å². The van der Waals surface area contributed by atoms with Crippen LogP contribution in [-0.4, -0.2) is 6.04 Å². The summed E-state index contributed by atoms with van der Waals surface area (Å²) in [6.07, 6.45) is 6.04. The zero-order valence-electron chi connectivity index (χ0n) is 10.8. The first-order chi connectivity index (χ1) is 8.63. The Balaban J connectivity index is 2.21. The van der Waals surface area contributed by atoms with Gasteiger partial charge in [0.2, 0.25) is 0 Å². The van der Waals surface area contributed by atoms with Crippen LogP contribution in [0.3, 0.4) is 0 Å². The Hall–Kier alpha value is -0.240. The van der Waals surface area contributed by atoms with Crippen LogP contribution in [-0.2, 0) is 0 Å². The fraction of sp³-hybridized carbons (Fsp3) is 0.600. The molecule has 1 aromatic rings. The molecular weight excluding hydrogens is 265 g/mol. The minimum absolute atomic E-state index is 0.217. The topological polar surface area (TPSA) is 26.0 Å². The fourth-order valence-corrected chi connectivity index (χ4v) is 3.56. The highest BCUT2D eigenvalue weighted by Crippen LogP contribution is 2.41. The molecule has 1 fully saturated rings. The van der Waals surface area contributed by atoms with Gasteiger partial charge in [0, 0.05) is 12.0 Å². The van der Waals surface area contributed by atoms with E-state index in [9.17, 15) is 0 Å². The molecule has 1 saturated carbocycles. The second-order valence-electron chi connectivity index (χ2n) is 5.38. The number of halogens is 2. The van der Waals surface area contributed by atoms with Crippen LogP contribution in [0, 0.1) is 5.92 Å². The Morgan fingerprint density at radius 2 is 2.06 bits per heavy atom. The van der Waals surface area contributed by atoms with Gasteiger partial charge in [0.05, 0.1) is 10.0 Å². The minimum atomic E-state index is 0.217. The van der Waals surface area contributed by atoms with Gasteiger partial charge in [0.1, 0.15) is 0 Å². The lowest BCUT2D eigenvalue weighted by molar-refractivity contribution is 0.274. The zero-order chi connectivity index (χ0) is 13.1. The Labute approximate surface area is 120 Å². The van der Waals surface area contributed by atoms with E-state index in [-0.39, 0.29) is 6.04 Å². The number of nitrogens with two attached hydrogens (primary N) is 1. The molecule has 0 aromatic heterocycles. The lowest BCUT2D eigenvalue weighted by Gasteiger charge is -2.35. The number of hydrogen-bond donors (Lipinski definition) is 1. The molecule has 3 unspecified atom stereocenters. The molecule has 2 rings (SSSR count). The van der Waals surface area contributed by atoms with Gasteiger partial charge in [-0.2, -0.15) is 0 Å². The first-order valence-electron chi connectivity index (χ1n) is 6.83. The van der Waals surface area contributed by atoms with Gasteiger partial charge in [0.25, 0.3) is 0 Å². The molecule has 100 valence electrons. The second kappa shape index (κ2) is 6.27. The van der Waals surface area contributed by atoms with Crippen molar-refractivity contribution in [2.24, 2.45) is 11.7 Å². The van der Waals surface area contributed by atoms with Crippen molar-refractivity contribution in [2.45, 2.75) is 51.0 Å². The normalized spacial score (nSPS) is 28.3. The summed E-state index contributed by atoms with van der Waals surface area (Å²) in [4.78, 5) is 0. The van der Waals surface area contributed by atoms with Gasteiger partial charge in [0.15, 0.2) is 0 Å². The van der Waals surface area contributed by atoms with Crippen LogP contribution < -0.4 is 5.73 Å². The summed E-state index contributed by atoms with van der Waals surface area (Å²) in [6, 6.07) is 6.10. The average molecular weight is 286 g/mol. The number of hydrogen-bond acceptors (Lipinski definition) is 1. The van der Waals surface area contributed by atoms with E-state index < -0.39 is 0 Å². The lowest BCUT2D eigenvalue weighted by atomic mass is 9.74. The minimum Gasteiger partial charge on any atom is -0.327 e. The van der Waals surface area contributed by atoms with Gasteiger partial charge < -0.3 is 5.73 Å². The van der Waals surface area contributed by atoms with Crippen molar-refractivity contribution < 1.29 is 0 Å². The van der Waals surface area contributed by atoms with Crippen molar-refractivity contribution >= 4 is 23.2 Å². The molecule has 0 amide bonds. The van der Waals surface area contributed by atoms with E-state index in [0.29, 0.717) is 16.0 Å². The van der Waals surface area contributed by atoms with E-state index in [2.05, 4.69) is 13.0 Å². The van der Waals surface area contributed by atoms with E-state index in [1.54, 1.807) is 0 Å². The Bertz CT molecular complexity index is 405. The Morgan fingerprint density at radius 1 is 1.28 bits per heavy atom. The van der Waals surface area contributed by atoms with Crippen molar-refractivity contribution in [1.82, 2.24) is 0 Å². The van der Waals surface area contributed by atoms with Crippen LogP contribution in [0.15, 0.2) is 18.2 Å². The molecule has 3 atom stereocenters. The third kappa shape index (κ3) is 3.01. The van der Waals surface area contributed by atoms with Crippen LogP contribution in [0.4, 0.5) is 0 Å². The SMILES string of the molecule is CCCC1CCC(N)C(c2cccc(Cl)c2Cl)C1. The summed E-state index contributed by atoms with van der Waals surface area (Å²) in [6.45, 7) is 2.25. The highest BCUT2D eigenvalue weighted by molar-refractivity contribution is 6.42. The van der Waals surface area contributed by atoms with Crippen LogP contribution >= 0.6 is 23.2 Å². The van der Waals surface area contributed by atoms with Crippen molar-refractivity contribution in [3.05, 3.63) is 33.8 Å². The van der Waals surface area contributed by atoms with Gasteiger partial charge in [-0.3, -0.25) is 0 Å². The summed E-state index contributed by atoms with van der Waals surface area (Å²) in [5.41, 5.74) is 7.42. The molecule has 0 radical (unpaired) electrons. The molecule has 0 heterocycles. The van der Waals surface area contributed by atoms with Gasteiger partial charge in [-0.25, -0.2) is 0 Å². The van der Waals surface area contributed by atoms with Gasteiger partial charge >= 0.3 is 0 Å². The molecule has 1 nitrogen and oxygen atoms in total. The maximum Gasteiger partial charge on any atom is 0.0627 e. The second-order valence-corrected chi connectivity index (χ2v) is 6.17. The van der Waals surface area contributed by atoms with Gasteiger partial charge in [-0.15, -0.1) is 0 Å². The largest absolute Gasteiger partial charge is 0.327 e. The molecule has 3 heteroatoms. The maximum atomic E-state index is 6.33. The summed E-state index contributed by atoms with van der Waals surface area (Å²) in [5.74, 6) is 1.15. The summed E-state index contributed by atoms with van der Waals surface area (Å²) in [5, 5.41) is 1.33. The Morgan fingerprint density at radius 3 is 2.78 bits per heavy atom. The monoisotopic (exact) mass is 285 g/mol. The molecule has 1 aliphatic rings. The quantitative estimate of drug-likeness (QED) is 0.831. The lowest BCUT2D eigenvalue weighted by Crippen LogP contribution is -2.34. The first kappa shape index (κ1) is 14.2. The van der Waals surface area contributed by atoms with Gasteiger partial charge in [-0.05, 0) is 36.8 Å². The molecule has 0 saturated heterocycles. The Kier molecular flexibility index (Phi) is 4.94. The van der Waals surface area contributed by atoms with Crippen molar-refractivity contribution in [3.8, 4) is 0 Å². The maximum absolute atomic E-state index is 6.33. The van der Waals surface area contributed by atoms with Crippen LogP contribution in [0.1, 0.15) is 50.5 Å². The number of benzene rings is 1. The summed E-state index contributed by atoms with van der Waals surface area (Å²) >= 11 is 12.4. The van der Waals surface area contributed by atoms with Crippen molar-refractivity contribution in [2.75, 3.05) is 0 Å². The standard InChI is InChI=1S/C15H21Cl2N/c1-2-4-10-7-8-14(18)12(9-10)11-5-3-6-13(16)15(11)17/h3,5-6,10,12,14H,2,4,7-9,18H2,1H3. The summed E-state index contributed by atoms with van der Waals surface area (Å²) < 4.78 is 0. The molecule has 0 spiro atoms. The smallest absolute Gasteiger partial charge is 0.0627 e. The number of rotatable bonds is 3. The molecule has 0 aliphatic heterocycles. The molecule has 0 bridgehead atoms. The zero-order valence-corrected chi connectivity index (χ0v) is 12.3. The van der Waals surface area contributed by atoms with Crippen LogP contribution in [0.5, 0.6) is 0 Å². The third-order valence-electron chi connectivity index (χ3n) is 4.09. The van der Waals surface area contributed by atoms with Crippen molar-refractivity contribution in [1.29, 1.82) is 0 Å². The highest BCUT2D eigenvalue weighted by Gasteiger charge is 2.30. The van der Waals surface area contributed by atoms with Crippen LogP contribution in [0.25, 0.3) is 0 Å². The third-order valence-corrected chi connectivity index (χ3v) is 4.92. The predicted octanol–water partition coefficient (Wildman–Crippen LogP) is 5.00. The molecule has 18 heavy (non-hydrogen) atoms. The van der Waals surface area contributed by atoms with E-state index in [4.69, 9.17) is 28.9 Å². The van der Waals surface area contributed by atoms with Crippen molar-refractivity contribution in [3.63, 3.8) is 0 Å². The van der Waals surface area contributed by atoms with E-state index in [1.165, 1.54) is 19.3 Å². The molecule has 2 N–H and O–H groups in total. The van der Waals surface area contributed by atoms with Gasteiger partial charge in [-0.1, -0.05) is 55.1 Å².